The maximum absolute atomic E-state index is 11.1. The van der Waals surface area contributed by atoms with Gasteiger partial charge in [-0.25, -0.2) is 4.79 Å². The number of ether oxygens (including phenoxy) is 1. The fraction of sp³-hybridized carbons (Fsp3) is 0.533. The van der Waals surface area contributed by atoms with Gasteiger partial charge in [-0.1, -0.05) is 0 Å². The molecule has 0 radical (unpaired) electrons. The van der Waals surface area contributed by atoms with Crippen molar-refractivity contribution >= 4 is 5.97 Å². The van der Waals surface area contributed by atoms with Gasteiger partial charge in [0.25, 0.3) is 0 Å². The van der Waals surface area contributed by atoms with Crippen LogP contribution in [0.4, 0.5) is 0 Å². The number of likely N-dealkylation sites (N-methyl/N-ethyl adjacent to an activating group) is 1. The highest BCUT2D eigenvalue weighted by molar-refractivity contribution is 5.88. The van der Waals surface area contributed by atoms with Crippen molar-refractivity contribution in [3.8, 4) is 5.75 Å². The zero-order chi connectivity index (χ0) is 14.7. The first-order chi connectivity index (χ1) is 9.51. The molecule has 1 atom stereocenters. The van der Waals surface area contributed by atoms with Gasteiger partial charge in [0, 0.05) is 37.8 Å². The number of carboxylic acid groups (broad SMARTS) is 1. The van der Waals surface area contributed by atoms with Gasteiger partial charge in [0.15, 0.2) is 0 Å². The lowest BCUT2D eigenvalue weighted by Crippen LogP contribution is -2.49. The summed E-state index contributed by atoms with van der Waals surface area (Å²) in [5, 5.41) is 9.10. The number of carbonyl (C=O) groups is 1. The summed E-state index contributed by atoms with van der Waals surface area (Å²) in [7, 11) is 3.74. The second kappa shape index (κ2) is 6.24. The van der Waals surface area contributed by atoms with E-state index in [2.05, 4.69) is 23.8 Å². The first-order valence-electron chi connectivity index (χ1n) is 6.84. The molecule has 0 spiro atoms. The van der Waals surface area contributed by atoms with Crippen LogP contribution in [0.25, 0.3) is 0 Å². The van der Waals surface area contributed by atoms with E-state index >= 15 is 0 Å². The van der Waals surface area contributed by atoms with Crippen molar-refractivity contribution in [3.63, 3.8) is 0 Å². The summed E-state index contributed by atoms with van der Waals surface area (Å²) in [5.74, 6) is -0.151. The SMILES string of the molecule is COc1ccc(C(=O)O)cc1CN1CCN(C)CC1C. The van der Waals surface area contributed by atoms with Crippen LogP contribution >= 0.6 is 0 Å². The molecule has 110 valence electrons. The number of rotatable bonds is 4. The Hall–Kier alpha value is -1.59. The topological polar surface area (TPSA) is 53.0 Å². The lowest BCUT2D eigenvalue weighted by Gasteiger charge is -2.38. The Labute approximate surface area is 119 Å². The Morgan fingerprint density at radius 1 is 1.45 bits per heavy atom. The lowest BCUT2D eigenvalue weighted by molar-refractivity contribution is 0.0696. The summed E-state index contributed by atoms with van der Waals surface area (Å²) in [5.41, 5.74) is 1.24. The second-order valence-corrected chi connectivity index (χ2v) is 5.41. The summed E-state index contributed by atoms with van der Waals surface area (Å²) in [6.07, 6.45) is 0. The van der Waals surface area contributed by atoms with Gasteiger partial charge in [0.05, 0.1) is 12.7 Å². The normalized spacial score (nSPS) is 20.9. The molecule has 0 aromatic heterocycles. The van der Waals surface area contributed by atoms with Crippen molar-refractivity contribution in [2.24, 2.45) is 0 Å². The second-order valence-electron chi connectivity index (χ2n) is 5.41. The Kier molecular flexibility index (Phi) is 4.62. The molecule has 2 rings (SSSR count). The minimum absolute atomic E-state index is 0.308. The van der Waals surface area contributed by atoms with Crippen molar-refractivity contribution in [3.05, 3.63) is 29.3 Å². The van der Waals surface area contributed by atoms with Crippen LogP contribution < -0.4 is 4.74 Å². The van der Waals surface area contributed by atoms with Crippen LogP contribution in [0.1, 0.15) is 22.8 Å². The monoisotopic (exact) mass is 278 g/mol. The minimum Gasteiger partial charge on any atom is -0.496 e. The number of carboxylic acids is 1. The number of aromatic carboxylic acids is 1. The average molecular weight is 278 g/mol. The van der Waals surface area contributed by atoms with E-state index in [1.165, 1.54) is 0 Å². The van der Waals surface area contributed by atoms with Gasteiger partial charge in [-0.2, -0.15) is 0 Å². The van der Waals surface area contributed by atoms with Gasteiger partial charge in [-0.3, -0.25) is 4.90 Å². The molecule has 1 aromatic carbocycles. The van der Waals surface area contributed by atoms with E-state index in [1.54, 1.807) is 25.3 Å². The summed E-state index contributed by atoms with van der Waals surface area (Å²) in [4.78, 5) is 15.8. The molecule has 1 aliphatic heterocycles. The summed E-state index contributed by atoms with van der Waals surface area (Å²) in [6.45, 7) is 5.97. The van der Waals surface area contributed by atoms with E-state index in [-0.39, 0.29) is 0 Å². The first kappa shape index (κ1) is 14.8. The molecule has 5 heteroatoms. The molecule has 1 aliphatic rings. The average Bonchev–Trinajstić information content (AvgIpc) is 2.41. The van der Waals surface area contributed by atoms with Crippen molar-refractivity contribution in [1.29, 1.82) is 0 Å². The Morgan fingerprint density at radius 2 is 2.20 bits per heavy atom. The molecule has 1 fully saturated rings. The van der Waals surface area contributed by atoms with Crippen molar-refractivity contribution in [1.82, 2.24) is 9.80 Å². The van der Waals surface area contributed by atoms with Crippen LogP contribution in [0.3, 0.4) is 0 Å². The fourth-order valence-electron chi connectivity index (χ4n) is 2.67. The van der Waals surface area contributed by atoms with Gasteiger partial charge in [-0.15, -0.1) is 0 Å². The molecule has 1 heterocycles. The highest BCUT2D eigenvalue weighted by atomic mass is 16.5. The third kappa shape index (κ3) is 3.29. The van der Waals surface area contributed by atoms with Crippen LogP contribution in [-0.4, -0.2) is 60.7 Å². The summed E-state index contributed by atoms with van der Waals surface area (Å²) in [6, 6.07) is 5.48. The summed E-state index contributed by atoms with van der Waals surface area (Å²) < 4.78 is 5.35. The highest BCUT2D eigenvalue weighted by Crippen LogP contribution is 2.23. The van der Waals surface area contributed by atoms with Crippen LogP contribution in [0.2, 0.25) is 0 Å². The maximum Gasteiger partial charge on any atom is 0.335 e. The molecule has 0 bridgehead atoms. The number of hydrogen-bond donors (Lipinski definition) is 1. The van der Waals surface area contributed by atoms with E-state index in [0.717, 1.165) is 37.5 Å². The molecule has 1 aromatic rings. The van der Waals surface area contributed by atoms with Gasteiger partial charge in [-0.05, 0) is 32.2 Å². The molecule has 0 saturated carbocycles. The van der Waals surface area contributed by atoms with Crippen LogP contribution in [0.5, 0.6) is 5.75 Å². The van der Waals surface area contributed by atoms with E-state index < -0.39 is 5.97 Å². The van der Waals surface area contributed by atoms with Crippen molar-refractivity contribution in [2.75, 3.05) is 33.8 Å². The van der Waals surface area contributed by atoms with Gasteiger partial charge < -0.3 is 14.7 Å². The zero-order valence-electron chi connectivity index (χ0n) is 12.3. The molecule has 1 unspecified atom stereocenters. The molecule has 1 N–H and O–H groups in total. The number of methoxy groups -OCH3 is 1. The Balaban J connectivity index is 2.18. The number of hydrogen-bond acceptors (Lipinski definition) is 4. The van der Waals surface area contributed by atoms with Crippen LogP contribution in [-0.2, 0) is 6.54 Å². The third-order valence-corrected chi connectivity index (χ3v) is 3.87. The van der Waals surface area contributed by atoms with Crippen molar-refractivity contribution < 1.29 is 14.6 Å². The van der Waals surface area contributed by atoms with Gasteiger partial charge in [0.1, 0.15) is 5.75 Å². The predicted octanol–water partition coefficient (Wildman–Crippen LogP) is 1.53. The summed E-state index contributed by atoms with van der Waals surface area (Å²) >= 11 is 0. The molecule has 0 aliphatic carbocycles. The van der Waals surface area contributed by atoms with Crippen molar-refractivity contribution in [2.45, 2.75) is 19.5 Å². The molecule has 0 amide bonds. The van der Waals surface area contributed by atoms with Crippen LogP contribution in [0, 0.1) is 0 Å². The maximum atomic E-state index is 11.1. The smallest absolute Gasteiger partial charge is 0.335 e. The lowest BCUT2D eigenvalue weighted by atomic mass is 10.1. The zero-order valence-corrected chi connectivity index (χ0v) is 12.3. The van der Waals surface area contributed by atoms with Gasteiger partial charge >= 0.3 is 5.97 Å². The standard InChI is InChI=1S/C15H22N2O3/c1-11-9-16(2)6-7-17(11)10-13-8-12(15(18)19)4-5-14(13)20-3/h4-5,8,11H,6-7,9-10H2,1-3H3,(H,18,19). The van der Waals surface area contributed by atoms with E-state index in [9.17, 15) is 4.79 Å². The molecular formula is C15H22N2O3. The Bertz CT molecular complexity index is 490. The van der Waals surface area contributed by atoms with Crippen LogP contribution in [0.15, 0.2) is 18.2 Å². The van der Waals surface area contributed by atoms with E-state index in [0.29, 0.717) is 11.6 Å². The quantitative estimate of drug-likeness (QED) is 0.905. The predicted molar refractivity (Wildman–Crippen MR) is 77.3 cm³/mol. The largest absolute Gasteiger partial charge is 0.496 e. The van der Waals surface area contributed by atoms with E-state index in [1.807, 2.05) is 0 Å². The first-order valence-corrected chi connectivity index (χ1v) is 6.84. The highest BCUT2D eigenvalue weighted by Gasteiger charge is 2.22. The number of nitrogens with zero attached hydrogens (tertiary/aromatic N) is 2. The fourth-order valence-corrected chi connectivity index (χ4v) is 2.67. The Morgan fingerprint density at radius 3 is 2.80 bits per heavy atom. The van der Waals surface area contributed by atoms with Gasteiger partial charge in [0.2, 0.25) is 0 Å². The molecular weight excluding hydrogens is 256 g/mol. The number of piperazine rings is 1. The molecule has 1 saturated heterocycles. The molecule has 20 heavy (non-hydrogen) atoms. The minimum atomic E-state index is -0.902. The van der Waals surface area contributed by atoms with E-state index in [4.69, 9.17) is 9.84 Å². The third-order valence-electron chi connectivity index (χ3n) is 3.87. The number of benzene rings is 1. The molecule has 5 nitrogen and oxygen atoms in total.